The van der Waals surface area contributed by atoms with Crippen LogP contribution in [0.3, 0.4) is 0 Å². The lowest BCUT2D eigenvalue weighted by Crippen LogP contribution is -2.26. The number of rotatable bonds is 5. The van der Waals surface area contributed by atoms with Crippen LogP contribution in [0.4, 0.5) is 0 Å². The van der Waals surface area contributed by atoms with Crippen LogP contribution in [0.25, 0.3) is 5.70 Å². The molecule has 23 heavy (non-hydrogen) atoms. The first-order chi connectivity index (χ1) is 10.8. The molecule has 0 bridgehead atoms. The summed E-state index contributed by atoms with van der Waals surface area (Å²) in [6.07, 6.45) is 0. The van der Waals surface area contributed by atoms with Crippen molar-refractivity contribution in [2.24, 2.45) is 0 Å². The number of hydrogen-bond acceptors (Lipinski definition) is 7. The van der Waals surface area contributed by atoms with Gasteiger partial charge in [-0.3, -0.25) is 14.9 Å². The molecular weight excluding hydrogens is 325 g/mol. The molecule has 8 nitrogen and oxygen atoms in total. The number of nitro groups is 1. The van der Waals surface area contributed by atoms with Crippen molar-refractivity contribution in [3.8, 4) is 0 Å². The van der Waals surface area contributed by atoms with Crippen LogP contribution >= 0.6 is 8.58 Å². The van der Waals surface area contributed by atoms with Gasteiger partial charge in [0, 0.05) is 13.0 Å². The highest BCUT2D eigenvalue weighted by atomic mass is 31.1. The molecule has 9 heteroatoms. The topological polar surface area (TPSA) is 120 Å². The second kappa shape index (κ2) is 9.74. The third-order valence-corrected chi connectivity index (χ3v) is 3.39. The minimum atomic E-state index is -0.903. The molecule has 1 heterocycles. The lowest BCUT2D eigenvalue weighted by molar-refractivity contribution is -0.379. The van der Waals surface area contributed by atoms with Crippen molar-refractivity contribution in [3.05, 3.63) is 43.7 Å². The van der Waals surface area contributed by atoms with E-state index < -0.39 is 39.3 Å². The molecule has 0 aliphatic carbocycles. The molecule has 0 saturated heterocycles. The highest BCUT2D eigenvalue weighted by molar-refractivity contribution is 7.46. The maximum atomic E-state index is 12.0. The maximum Gasteiger partial charge on any atom is 0.374 e. The van der Waals surface area contributed by atoms with Crippen LogP contribution in [0.5, 0.6) is 0 Å². The van der Waals surface area contributed by atoms with Crippen LogP contribution in [-0.4, -0.2) is 29.3 Å². The maximum absolute atomic E-state index is 12.0. The Morgan fingerprint density at radius 1 is 1.48 bits per heavy atom. The summed E-state index contributed by atoms with van der Waals surface area (Å²) >= 11 is 0. The SMILES string of the molecule is CC.CCOC(=O)c1cc(=O)c(PC)c(/C(=C(\C)O)[N+](=O)[O-])o1. The zero-order chi connectivity index (χ0) is 18.2. The van der Waals surface area contributed by atoms with Crippen molar-refractivity contribution in [2.75, 3.05) is 13.3 Å². The smallest absolute Gasteiger partial charge is 0.374 e. The Morgan fingerprint density at radius 3 is 2.43 bits per heavy atom. The van der Waals surface area contributed by atoms with Crippen LogP contribution < -0.4 is 10.7 Å². The Bertz CT molecular complexity index is 660. The minimum absolute atomic E-state index is 0.0307. The predicted molar refractivity (Wildman–Crippen MR) is 88.4 cm³/mol. The van der Waals surface area contributed by atoms with Crippen LogP contribution in [0.2, 0.25) is 0 Å². The molecule has 1 rings (SSSR count). The molecule has 1 aromatic rings. The second-order valence-electron chi connectivity index (χ2n) is 3.84. The largest absolute Gasteiger partial charge is 0.506 e. The average Bonchev–Trinajstić information content (AvgIpc) is 2.48. The Morgan fingerprint density at radius 2 is 2.04 bits per heavy atom. The number of carbonyl (C=O) groups is 1. The van der Waals surface area contributed by atoms with Crippen molar-refractivity contribution in [1.29, 1.82) is 0 Å². The van der Waals surface area contributed by atoms with Crippen LogP contribution in [0.1, 0.15) is 44.0 Å². The molecule has 0 amide bonds. The van der Waals surface area contributed by atoms with E-state index in [2.05, 4.69) is 0 Å². The monoisotopic (exact) mass is 345 g/mol. The van der Waals surface area contributed by atoms with E-state index in [-0.39, 0.29) is 20.5 Å². The molecule has 1 unspecified atom stereocenters. The van der Waals surface area contributed by atoms with Crippen LogP contribution in [0, 0.1) is 10.1 Å². The summed E-state index contributed by atoms with van der Waals surface area (Å²) in [7, 11) is -0.111. The van der Waals surface area contributed by atoms with Gasteiger partial charge in [-0.1, -0.05) is 22.4 Å². The van der Waals surface area contributed by atoms with Crippen molar-refractivity contribution < 1.29 is 24.0 Å². The van der Waals surface area contributed by atoms with Gasteiger partial charge in [-0.05, 0) is 13.6 Å². The molecule has 0 radical (unpaired) electrons. The predicted octanol–water partition coefficient (Wildman–Crippen LogP) is 2.30. The third kappa shape index (κ3) is 5.17. The zero-order valence-corrected chi connectivity index (χ0v) is 14.6. The van der Waals surface area contributed by atoms with E-state index in [0.29, 0.717) is 0 Å². The van der Waals surface area contributed by atoms with E-state index >= 15 is 0 Å². The van der Waals surface area contributed by atoms with E-state index in [1.165, 1.54) is 0 Å². The van der Waals surface area contributed by atoms with Crippen LogP contribution in [0.15, 0.2) is 21.0 Å². The van der Waals surface area contributed by atoms with Crippen LogP contribution in [-0.2, 0) is 4.74 Å². The molecule has 1 aromatic heterocycles. The van der Waals surface area contributed by atoms with E-state index in [1.807, 2.05) is 13.8 Å². The lowest BCUT2D eigenvalue weighted by atomic mass is 10.2. The molecule has 0 saturated carbocycles. The highest BCUT2D eigenvalue weighted by Crippen LogP contribution is 2.21. The molecule has 0 spiro atoms. The van der Waals surface area contributed by atoms with E-state index in [0.717, 1.165) is 13.0 Å². The third-order valence-electron chi connectivity index (χ3n) is 2.41. The molecule has 0 fully saturated rings. The number of carbonyl (C=O) groups excluding carboxylic acids is 1. The summed E-state index contributed by atoms with van der Waals surface area (Å²) in [6.45, 7) is 8.35. The molecule has 0 aliphatic rings. The van der Waals surface area contributed by atoms with Gasteiger partial charge in [-0.15, -0.1) is 0 Å². The molecule has 0 aliphatic heterocycles. The van der Waals surface area contributed by atoms with Gasteiger partial charge < -0.3 is 14.3 Å². The van der Waals surface area contributed by atoms with Gasteiger partial charge in [-0.2, -0.15) is 0 Å². The van der Waals surface area contributed by atoms with Gasteiger partial charge >= 0.3 is 11.7 Å². The Kier molecular flexibility index (Phi) is 8.80. The van der Waals surface area contributed by atoms with Gasteiger partial charge in [0.15, 0.2) is 11.2 Å². The molecule has 1 N–H and O–H groups in total. The summed E-state index contributed by atoms with van der Waals surface area (Å²) in [5.41, 5.74) is -1.33. The second-order valence-corrected chi connectivity index (χ2v) is 4.84. The first-order valence-corrected chi connectivity index (χ1v) is 8.41. The minimum Gasteiger partial charge on any atom is -0.506 e. The zero-order valence-electron chi connectivity index (χ0n) is 13.6. The molecule has 0 aromatic carbocycles. The van der Waals surface area contributed by atoms with Gasteiger partial charge in [0.2, 0.25) is 11.5 Å². The summed E-state index contributed by atoms with van der Waals surface area (Å²) in [4.78, 5) is 33.7. The highest BCUT2D eigenvalue weighted by Gasteiger charge is 2.28. The Hall–Kier alpha value is -2.21. The number of esters is 1. The summed E-state index contributed by atoms with van der Waals surface area (Å²) in [6, 6.07) is 0.928. The van der Waals surface area contributed by atoms with Gasteiger partial charge in [0.25, 0.3) is 0 Å². The fourth-order valence-corrected chi connectivity index (χ4v) is 2.29. The van der Waals surface area contributed by atoms with Crippen molar-refractivity contribution in [3.63, 3.8) is 0 Å². The first-order valence-electron chi connectivity index (χ1n) is 6.91. The number of ether oxygens (including phenoxy) is 1. The fraction of sp³-hybridized carbons (Fsp3) is 0.429. The molecule has 1 atom stereocenters. The quantitative estimate of drug-likeness (QED) is 0.286. The van der Waals surface area contributed by atoms with E-state index in [9.17, 15) is 24.8 Å². The number of aliphatic hydroxyl groups is 1. The Labute approximate surface area is 135 Å². The summed E-state index contributed by atoms with van der Waals surface area (Å²) in [5, 5.41) is 20.5. The summed E-state index contributed by atoms with van der Waals surface area (Å²) in [5.74, 6) is -2.39. The first kappa shape index (κ1) is 20.8. The molecular formula is C14H20NO7P. The van der Waals surface area contributed by atoms with Gasteiger partial charge in [0.1, 0.15) is 0 Å². The average molecular weight is 345 g/mol. The lowest BCUT2D eigenvalue weighted by Gasteiger charge is -2.07. The number of aliphatic hydroxyl groups excluding tert-OH is 1. The normalized spacial score (nSPS) is 11.5. The van der Waals surface area contributed by atoms with Gasteiger partial charge in [-0.25, -0.2) is 4.79 Å². The fourth-order valence-electron chi connectivity index (χ4n) is 1.58. The number of hydrogen-bond donors (Lipinski definition) is 1. The number of nitrogens with zero attached hydrogens (tertiary/aromatic N) is 1. The summed E-state index contributed by atoms with van der Waals surface area (Å²) < 4.78 is 9.85. The van der Waals surface area contributed by atoms with E-state index in [4.69, 9.17) is 9.15 Å². The Balaban J connectivity index is 0.00000232. The van der Waals surface area contributed by atoms with Crippen molar-refractivity contribution in [2.45, 2.75) is 27.7 Å². The number of allylic oxidation sites excluding steroid dienone is 1. The van der Waals surface area contributed by atoms with Gasteiger partial charge in [0.05, 0.1) is 16.8 Å². The van der Waals surface area contributed by atoms with E-state index in [1.54, 1.807) is 13.6 Å². The van der Waals surface area contributed by atoms with Crippen molar-refractivity contribution in [1.82, 2.24) is 0 Å². The standard InChI is InChI=1S/C12H14NO7P.C2H6/c1-4-19-12(16)8-5-7(15)11(21-3)10(20-8)9(6(2)14)13(17)18;1-2/h5,14,21H,4H2,1-3H3;1-2H3/b9-6-;. The molecule has 128 valence electrons. The van der Waals surface area contributed by atoms with Crippen molar-refractivity contribution >= 4 is 25.6 Å².